The summed E-state index contributed by atoms with van der Waals surface area (Å²) in [6.45, 7) is 0.993. The lowest BCUT2D eigenvalue weighted by Gasteiger charge is -2.32. The summed E-state index contributed by atoms with van der Waals surface area (Å²) in [5.41, 5.74) is 2.43. The van der Waals surface area contributed by atoms with Crippen molar-refractivity contribution in [3.8, 4) is 0 Å². The van der Waals surface area contributed by atoms with Crippen molar-refractivity contribution in [2.24, 2.45) is 0 Å². The van der Waals surface area contributed by atoms with Crippen LogP contribution in [0.3, 0.4) is 0 Å². The van der Waals surface area contributed by atoms with Crippen LogP contribution in [0.5, 0.6) is 0 Å². The van der Waals surface area contributed by atoms with E-state index in [9.17, 15) is 13.6 Å². The van der Waals surface area contributed by atoms with Crippen LogP contribution in [0.2, 0.25) is 0 Å². The number of carbonyl (C=O) groups is 1. The number of imidazole rings is 1. The number of alkyl halides is 2. The van der Waals surface area contributed by atoms with Crippen LogP contribution in [0.25, 0.3) is 11.0 Å². The van der Waals surface area contributed by atoms with E-state index in [1.165, 1.54) is 0 Å². The van der Waals surface area contributed by atoms with Gasteiger partial charge in [-0.25, -0.2) is 18.6 Å². The van der Waals surface area contributed by atoms with Gasteiger partial charge in [-0.2, -0.15) is 0 Å². The highest BCUT2D eigenvalue weighted by Crippen LogP contribution is 2.26. The number of aromatic nitrogens is 2. The molecule has 0 bridgehead atoms. The van der Waals surface area contributed by atoms with E-state index in [-0.39, 0.29) is 12.6 Å². The second kappa shape index (κ2) is 6.50. The third-order valence-corrected chi connectivity index (χ3v) is 4.61. The van der Waals surface area contributed by atoms with Gasteiger partial charge < -0.3 is 19.9 Å². The molecule has 1 aliphatic heterocycles. The molecule has 1 aromatic heterocycles. The fourth-order valence-corrected chi connectivity index (χ4v) is 3.23. The van der Waals surface area contributed by atoms with Gasteiger partial charge in [-0.15, -0.1) is 0 Å². The quantitative estimate of drug-likeness (QED) is 0.828. The molecular formula is C18H22F2N4O2. The van der Waals surface area contributed by atoms with Crippen LogP contribution in [0.4, 0.5) is 13.6 Å². The second-order valence-corrected chi connectivity index (χ2v) is 7.26. The molecule has 2 aliphatic rings. The van der Waals surface area contributed by atoms with E-state index in [0.29, 0.717) is 12.5 Å². The normalized spacial score (nSPS) is 21.0. The topological polar surface area (TPSA) is 70.2 Å². The summed E-state index contributed by atoms with van der Waals surface area (Å²) in [5, 5.41) is 2.23. The maximum absolute atomic E-state index is 13.5. The molecule has 0 radical (unpaired) electrons. The number of carbonyl (C=O) groups excluding carboxylic acids is 1. The summed E-state index contributed by atoms with van der Waals surface area (Å²) in [6.07, 6.45) is 3.46. The van der Waals surface area contributed by atoms with E-state index < -0.39 is 25.0 Å². The molecule has 0 spiro atoms. The van der Waals surface area contributed by atoms with Crippen molar-refractivity contribution in [3.63, 3.8) is 0 Å². The van der Waals surface area contributed by atoms with Gasteiger partial charge in [-0.3, -0.25) is 0 Å². The largest absolute Gasteiger partial charge is 0.375 e. The number of ether oxygens (including phenoxy) is 1. The molecule has 1 saturated heterocycles. The highest BCUT2D eigenvalue weighted by molar-refractivity contribution is 5.77. The number of nitrogens with one attached hydrogen (secondary N) is 2. The number of nitrogens with zero attached hydrogens (tertiary/aromatic N) is 2. The molecule has 0 unspecified atom stereocenters. The van der Waals surface area contributed by atoms with E-state index in [0.717, 1.165) is 40.2 Å². The lowest BCUT2D eigenvalue weighted by Crippen LogP contribution is -2.56. The molecule has 2 N–H and O–H groups in total. The van der Waals surface area contributed by atoms with Gasteiger partial charge in [0, 0.05) is 13.0 Å². The zero-order chi connectivity index (χ0) is 18.3. The molecule has 1 aliphatic carbocycles. The Bertz CT molecular complexity index is 819. The highest BCUT2D eigenvalue weighted by Gasteiger charge is 2.38. The Morgan fingerprint density at radius 3 is 3.00 bits per heavy atom. The zero-order valence-corrected chi connectivity index (χ0v) is 14.6. The first kappa shape index (κ1) is 17.2. The monoisotopic (exact) mass is 364 g/mol. The molecule has 1 atom stereocenters. The average Bonchev–Trinajstić information content (AvgIpc) is 3.28. The van der Waals surface area contributed by atoms with E-state index in [2.05, 4.69) is 15.3 Å². The van der Waals surface area contributed by atoms with Crippen molar-refractivity contribution < 1.29 is 18.3 Å². The predicted molar refractivity (Wildman–Crippen MR) is 92.1 cm³/mol. The smallest absolute Gasteiger partial charge is 0.318 e. The minimum absolute atomic E-state index is 0.0989. The fraction of sp³-hybridized carbons (Fsp3) is 0.556. The maximum Gasteiger partial charge on any atom is 0.318 e. The van der Waals surface area contributed by atoms with Gasteiger partial charge >= 0.3 is 6.03 Å². The van der Waals surface area contributed by atoms with Crippen molar-refractivity contribution >= 4 is 17.1 Å². The number of H-pyrrole nitrogens is 1. The lowest BCUT2D eigenvalue weighted by atomic mass is 10.1. The predicted octanol–water partition coefficient (Wildman–Crippen LogP) is 2.83. The second-order valence-electron chi connectivity index (χ2n) is 7.26. The molecule has 1 saturated carbocycles. The Hall–Kier alpha value is -2.22. The van der Waals surface area contributed by atoms with Crippen LogP contribution in [0, 0.1) is 0 Å². The molecule has 2 heterocycles. The number of urea groups is 1. The third kappa shape index (κ3) is 3.95. The van der Waals surface area contributed by atoms with Crippen LogP contribution in [-0.2, 0) is 17.7 Å². The van der Waals surface area contributed by atoms with E-state index >= 15 is 0 Å². The molecule has 8 heteroatoms. The maximum atomic E-state index is 13.5. The van der Waals surface area contributed by atoms with Gasteiger partial charge in [0.1, 0.15) is 5.82 Å². The van der Waals surface area contributed by atoms with Crippen LogP contribution in [0.1, 0.15) is 31.2 Å². The van der Waals surface area contributed by atoms with E-state index in [4.69, 9.17) is 4.74 Å². The molecule has 1 aromatic carbocycles. The number of rotatable bonds is 6. The molecule has 26 heavy (non-hydrogen) atoms. The number of fused-ring (bicyclic) bond motifs is 1. The van der Waals surface area contributed by atoms with Crippen LogP contribution in [0.15, 0.2) is 18.2 Å². The van der Waals surface area contributed by atoms with Crippen molar-refractivity contribution in [2.75, 3.05) is 13.1 Å². The first-order valence-electron chi connectivity index (χ1n) is 8.91. The van der Waals surface area contributed by atoms with Crippen molar-refractivity contribution in [1.82, 2.24) is 20.2 Å². The molecule has 4 rings (SSSR count). The SMILES string of the molecule is C[C@H](Cc1nc2ccc(CN3CC(F)(F)CNC3=O)cc2[nH]1)OC1CC1. The molecule has 140 valence electrons. The molecule has 2 amide bonds. The van der Waals surface area contributed by atoms with E-state index in [1.807, 2.05) is 25.1 Å². The van der Waals surface area contributed by atoms with Crippen LogP contribution >= 0.6 is 0 Å². The first-order chi connectivity index (χ1) is 12.4. The van der Waals surface area contributed by atoms with Crippen LogP contribution in [-0.4, -0.2) is 52.1 Å². The van der Waals surface area contributed by atoms with Crippen molar-refractivity contribution in [2.45, 2.75) is 50.9 Å². The van der Waals surface area contributed by atoms with Gasteiger partial charge in [0.05, 0.1) is 36.3 Å². The Kier molecular flexibility index (Phi) is 4.30. The average molecular weight is 364 g/mol. The number of halogens is 2. The number of hydrogen-bond acceptors (Lipinski definition) is 3. The highest BCUT2D eigenvalue weighted by atomic mass is 19.3. The summed E-state index contributed by atoms with van der Waals surface area (Å²) in [5.74, 6) is -2.07. The Morgan fingerprint density at radius 2 is 2.23 bits per heavy atom. The van der Waals surface area contributed by atoms with E-state index in [1.54, 1.807) is 0 Å². The minimum atomic E-state index is -2.91. The van der Waals surface area contributed by atoms with Crippen molar-refractivity contribution in [3.05, 3.63) is 29.6 Å². The van der Waals surface area contributed by atoms with Gasteiger partial charge in [0.15, 0.2) is 0 Å². The standard InChI is InChI=1S/C18H22F2N4O2/c1-11(26-13-3-4-13)6-16-22-14-5-2-12(7-15(14)23-16)8-24-10-18(19,20)9-21-17(24)25/h2,5,7,11,13H,3-4,6,8-10H2,1H3,(H,21,25)(H,22,23)/t11-/m1/s1. The molecule has 6 nitrogen and oxygen atoms in total. The lowest BCUT2D eigenvalue weighted by molar-refractivity contribution is -0.0367. The van der Waals surface area contributed by atoms with Gasteiger partial charge in [0.25, 0.3) is 5.92 Å². The molecular weight excluding hydrogens is 342 g/mol. The Balaban J connectivity index is 1.45. The van der Waals surface area contributed by atoms with Crippen LogP contribution < -0.4 is 5.32 Å². The minimum Gasteiger partial charge on any atom is -0.375 e. The van der Waals surface area contributed by atoms with Gasteiger partial charge in [0.2, 0.25) is 0 Å². The number of hydrogen-bond donors (Lipinski definition) is 2. The first-order valence-corrected chi connectivity index (χ1v) is 8.91. The van der Waals surface area contributed by atoms with Gasteiger partial charge in [-0.1, -0.05) is 6.07 Å². The zero-order valence-electron chi connectivity index (χ0n) is 14.6. The number of benzene rings is 1. The van der Waals surface area contributed by atoms with Gasteiger partial charge in [-0.05, 0) is 37.5 Å². The Morgan fingerprint density at radius 1 is 1.42 bits per heavy atom. The van der Waals surface area contributed by atoms with Crippen molar-refractivity contribution in [1.29, 1.82) is 0 Å². The number of amides is 2. The number of aromatic amines is 1. The molecule has 2 aromatic rings. The molecule has 2 fully saturated rings. The summed E-state index contributed by atoms with van der Waals surface area (Å²) in [6, 6.07) is 5.05. The summed E-state index contributed by atoms with van der Waals surface area (Å²) < 4.78 is 32.9. The third-order valence-electron chi connectivity index (χ3n) is 4.61. The summed E-state index contributed by atoms with van der Waals surface area (Å²) >= 11 is 0. The Labute approximate surface area is 149 Å². The summed E-state index contributed by atoms with van der Waals surface area (Å²) in [4.78, 5) is 20.8. The summed E-state index contributed by atoms with van der Waals surface area (Å²) in [7, 11) is 0. The fourth-order valence-electron chi connectivity index (χ4n) is 3.23.